The van der Waals surface area contributed by atoms with E-state index in [0.29, 0.717) is 5.75 Å². The fourth-order valence-corrected chi connectivity index (χ4v) is 4.11. The van der Waals surface area contributed by atoms with Gasteiger partial charge in [0.25, 0.3) is 0 Å². The van der Waals surface area contributed by atoms with E-state index < -0.39 is 0 Å². The molecule has 2 atom stereocenters. The maximum Gasteiger partial charge on any atom is 0.134 e. The molecule has 134 valence electrons. The predicted octanol–water partition coefficient (Wildman–Crippen LogP) is 5.23. The fourth-order valence-electron chi connectivity index (χ4n) is 4.11. The molecule has 3 heteroatoms. The molecule has 4 rings (SSSR count). The van der Waals surface area contributed by atoms with Crippen molar-refractivity contribution in [3.63, 3.8) is 0 Å². The highest BCUT2D eigenvalue weighted by Crippen LogP contribution is 2.51. The monoisotopic (exact) mass is 348 g/mol. The third-order valence-corrected chi connectivity index (χ3v) is 5.55. The van der Waals surface area contributed by atoms with Gasteiger partial charge in [0, 0.05) is 17.4 Å². The summed E-state index contributed by atoms with van der Waals surface area (Å²) < 4.78 is 6.01. The van der Waals surface area contributed by atoms with Crippen molar-refractivity contribution in [2.24, 2.45) is 5.92 Å². The third-order valence-electron chi connectivity index (χ3n) is 5.55. The molecule has 0 aromatic heterocycles. The van der Waals surface area contributed by atoms with Crippen LogP contribution in [0.15, 0.2) is 60.4 Å². The zero-order valence-corrected chi connectivity index (χ0v) is 15.0. The lowest BCUT2D eigenvalue weighted by Gasteiger charge is -2.37. The van der Waals surface area contributed by atoms with E-state index in [4.69, 9.17) is 4.74 Å². The topological polar surface area (TPSA) is 49.7 Å². The lowest BCUT2D eigenvalue weighted by molar-refractivity contribution is 0.275. The molecule has 2 aromatic carbocycles. The summed E-state index contributed by atoms with van der Waals surface area (Å²) in [4.78, 5) is 0. The molecular weight excluding hydrogens is 324 g/mol. The van der Waals surface area contributed by atoms with Gasteiger partial charge in [-0.3, -0.25) is 0 Å². The molecule has 0 spiro atoms. The van der Waals surface area contributed by atoms with Crippen molar-refractivity contribution >= 4 is 0 Å². The van der Waals surface area contributed by atoms with Crippen LogP contribution < -0.4 is 4.74 Å². The summed E-state index contributed by atoms with van der Waals surface area (Å²) >= 11 is 0. The highest BCUT2D eigenvalue weighted by molar-refractivity contribution is 5.55. The Labute approximate surface area is 154 Å². The second-order valence-corrected chi connectivity index (χ2v) is 7.45. The number of aryl methyl sites for hydroxylation is 2. The van der Waals surface area contributed by atoms with E-state index in [2.05, 4.69) is 19.6 Å². The molecule has 2 aromatic rings. The number of phenolic OH excluding ortho intramolecular Hbond substituents is 2. The van der Waals surface area contributed by atoms with E-state index in [1.54, 1.807) is 12.1 Å². The van der Waals surface area contributed by atoms with Gasteiger partial charge in [-0.15, -0.1) is 0 Å². The summed E-state index contributed by atoms with van der Waals surface area (Å²) in [5.41, 5.74) is 4.45. The van der Waals surface area contributed by atoms with Crippen molar-refractivity contribution < 1.29 is 14.9 Å². The molecule has 0 bridgehead atoms. The largest absolute Gasteiger partial charge is 0.508 e. The summed E-state index contributed by atoms with van der Waals surface area (Å²) in [5, 5.41) is 20.1. The molecule has 1 heterocycles. The molecule has 2 aliphatic rings. The molecule has 0 fully saturated rings. The molecule has 26 heavy (non-hydrogen) atoms. The standard InChI is InChI=1S/C23H24O3/c1-14-3-10-19-15(2)26-22-13-17(12-21(25)23(22)20(19)11-14)5-4-16-6-8-18(24)9-7-16/h6-9,11-13,19-20,24-25H,2-5,10H2,1H3/t19-,20-/m1/s1. The number of rotatable bonds is 3. The van der Waals surface area contributed by atoms with Crippen LogP contribution in [0.3, 0.4) is 0 Å². The Balaban J connectivity index is 1.62. The number of allylic oxidation sites excluding steroid dienone is 3. The maximum absolute atomic E-state index is 10.7. The van der Waals surface area contributed by atoms with Crippen molar-refractivity contribution in [3.05, 3.63) is 77.1 Å². The molecular formula is C23H24O3. The van der Waals surface area contributed by atoms with Crippen molar-refractivity contribution in [2.75, 3.05) is 0 Å². The highest BCUT2D eigenvalue weighted by Gasteiger charge is 2.36. The summed E-state index contributed by atoms with van der Waals surface area (Å²) in [6.45, 7) is 6.28. The Morgan fingerprint density at radius 2 is 1.81 bits per heavy atom. The maximum atomic E-state index is 10.7. The fraction of sp³-hybridized carbons (Fsp3) is 0.304. The molecule has 0 saturated heterocycles. The molecule has 2 N–H and O–H groups in total. The van der Waals surface area contributed by atoms with Gasteiger partial charge in [0.15, 0.2) is 0 Å². The summed E-state index contributed by atoms with van der Waals surface area (Å²) in [6, 6.07) is 11.1. The number of ether oxygens (including phenoxy) is 1. The number of hydrogen-bond donors (Lipinski definition) is 2. The minimum atomic E-state index is 0.158. The van der Waals surface area contributed by atoms with E-state index in [-0.39, 0.29) is 17.6 Å². The highest BCUT2D eigenvalue weighted by atomic mass is 16.5. The van der Waals surface area contributed by atoms with Gasteiger partial charge in [0.1, 0.15) is 23.0 Å². The number of fused-ring (bicyclic) bond motifs is 3. The van der Waals surface area contributed by atoms with Gasteiger partial charge in [-0.2, -0.15) is 0 Å². The lowest BCUT2D eigenvalue weighted by atomic mass is 9.74. The Kier molecular flexibility index (Phi) is 4.23. The van der Waals surface area contributed by atoms with E-state index >= 15 is 0 Å². The lowest BCUT2D eigenvalue weighted by Crippen LogP contribution is -2.25. The van der Waals surface area contributed by atoms with Crippen molar-refractivity contribution in [3.8, 4) is 17.2 Å². The van der Waals surface area contributed by atoms with E-state index in [1.807, 2.05) is 24.3 Å². The minimum absolute atomic E-state index is 0.158. The molecule has 1 aliphatic heterocycles. The van der Waals surface area contributed by atoms with E-state index in [9.17, 15) is 10.2 Å². The molecule has 0 amide bonds. The van der Waals surface area contributed by atoms with Crippen LogP contribution in [0.2, 0.25) is 0 Å². The Hall–Kier alpha value is -2.68. The molecule has 3 nitrogen and oxygen atoms in total. The average molecular weight is 348 g/mol. The second-order valence-electron chi connectivity index (χ2n) is 7.45. The van der Waals surface area contributed by atoms with Gasteiger partial charge >= 0.3 is 0 Å². The molecule has 0 unspecified atom stereocenters. The van der Waals surface area contributed by atoms with Gasteiger partial charge in [0.2, 0.25) is 0 Å². The SMILES string of the molecule is C=C1Oc2cc(CCc3ccc(O)cc3)cc(O)c2[C@@H]2C=C(C)CC[C@H]12. The smallest absolute Gasteiger partial charge is 0.134 e. The summed E-state index contributed by atoms with van der Waals surface area (Å²) in [6.07, 6.45) is 5.98. The normalized spacial score (nSPS) is 21.4. The Morgan fingerprint density at radius 3 is 2.58 bits per heavy atom. The van der Waals surface area contributed by atoms with Gasteiger partial charge in [-0.05, 0) is 68.0 Å². The summed E-state index contributed by atoms with van der Waals surface area (Å²) in [5.74, 6) is 2.55. The van der Waals surface area contributed by atoms with Crippen LogP contribution >= 0.6 is 0 Å². The molecule has 1 aliphatic carbocycles. The average Bonchev–Trinajstić information content (AvgIpc) is 2.60. The number of benzene rings is 2. The predicted molar refractivity (Wildman–Crippen MR) is 103 cm³/mol. The van der Waals surface area contributed by atoms with E-state index in [1.165, 1.54) is 5.57 Å². The van der Waals surface area contributed by atoms with Gasteiger partial charge in [0.05, 0.1) is 0 Å². The third kappa shape index (κ3) is 3.10. The number of hydrogen-bond acceptors (Lipinski definition) is 3. The quantitative estimate of drug-likeness (QED) is 0.747. The molecule has 0 saturated carbocycles. The van der Waals surface area contributed by atoms with Crippen LogP contribution in [-0.4, -0.2) is 10.2 Å². The van der Waals surface area contributed by atoms with Gasteiger partial charge in [-0.1, -0.05) is 30.4 Å². The van der Waals surface area contributed by atoms with Crippen LogP contribution in [0.5, 0.6) is 17.2 Å². The van der Waals surface area contributed by atoms with Crippen molar-refractivity contribution in [1.82, 2.24) is 0 Å². The first-order valence-corrected chi connectivity index (χ1v) is 9.19. The Morgan fingerprint density at radius 1 is 1.08 bits per heavy atom. The van der Waals surface area contributed by atoms with Gasteiger partial charge < -0.3 is 14.9 Å². The zero-order valence-electron chi connectivity index (χ0n) is 15.0. The van der Waals surface area contributed by atoms with Crippen LogP contribution in [0.4, 0.5) is 0 Å². The first-order valence-electron chi connectivity index (χ1n) is 9.19. The van der Waals surface area contributed by atoms with Crippen LogP contribution in [-0.2, 0) is 12.8 Å². The van der Waals surface area contributed by atoms with Crippen molar-refractivity contribution in [1.29, 1.82) is 0 Å². The number of aromatic hydroxyl groups is 2. The van der Waals surface area contributed by atoms with Crippen LogP contribution in [0.1, 0.15) is 42.4 Å². The zero-order chi connectivity index (χ0) is 18.3. The van der Waals surface area contributed by atoms with Gasteiger partial charge in [-0.25, -0.2) is 0 Å². The first-order chi connectivity index (χ1) is 12.5. The minimum Gasteiger partial charge on any atom is -0.508 e. The summed E-state index contributed by atoms with van der Waals surface area (Å²) in [7, 11) is 0. The second kappa shape index (κ2) is 6.56. The van der Waals surface area contributed by atoms with Crippen LogP contribution in [0.25, 0.3) is 0 Å². The van der Waals surface area contributed by atoms with Crippen LogP contribution in [0, 0.1) is 5.92 Å². The molecule has 0 radical (unpaired) electrons. The first kappa shape index (κ1) is 16.8. The number of phenols is 2. The van der Waals surface area contributed by atoms with Crippen molar-refractivity contribution in [2.45, 2.75) is 38.5 Å². The Bertz CT molecular complexity index is 877. The van der Waals surface area contributed by atoms with E-state index in [0.717, 1.165) is 53.9 Å².